The highest BCUT2D eigenvalue weighted by Crippen LogP contribution is 2.30. The number of Topliss-reactive ketones (excluding diaryl/α,β-unsaturated/α-hetero) is 1. The zero-order valence-corrected chi connectivity index (χ0v) is 13.7. The fourth-order valence-corrected chi connectivity index (χ4v) is 3.35. The maximum absolute atomic E-state index is 13.1. The van der Waals surface area contributed by atoms with Crippen LogP contribution in [0.15, 0.2) is 48.8 Å². The van der Waals surface area contributed by atoms with Gasteiger partial charge in [-0.05, 0) is 47.4 Å². The van der Waals surface area contributed by atoms with E-state index in [1.165, 1.54) is 31.4 Å². The molecule has 1 aromatic heterocycles. The zero-order valence-electron chi connectivity index (χ0n) is 13.7. The van der Waals surface area contributed by atoms with Crippen LogP contribution in [0.3, 0.4) is 0 Å². The van der Waals surface area contributed by atoms with Crippen LogP contribution < -0.4 is 0 Å². The third kappa shape index (κ3) is 4.38. The second-order valence-electron chi connectivity index (χ2n) is 6.48. The Morgan fingerprint density at radius 2 is 1.71 bits per heavy atom. The maximum Gasteiger partial charge on any atom is 0.163 e. The minimum absolute atomic E-state index is 0.164. The average Bonchev–Trinajstić information content (AvgIpc) is 2.63. The van der Waals surface area contributed by atoms with Crippen LogP contribution in [0.25, 0.3) is 11.6 Å². The summed E-state index contributed by atoms with van der Waals surface area (Å²) in [6, 6.07) is 9.94. The molecule has 0 unspecified atom stereocenters. The summed E-state index contributed by atoms with van der Waals surface area (Å²) in [4.78, 5) is 17.0. The minimum atomic E-state index is -0.272. The Kier molecular flexibility index (Phi) is 5.52. The zero-order chi connectivity index (χ0) is 16.8. The number of ketones is 1. The Labute approximate surface area is 142 Å². The van der Waals surface area contributed by atoms with Crippen LogP contribution in [-0.2, 0) is 4.79 Å². The van der Waals surface area contributed by atoms with Crippen molar-refractivity contribution < 1.29 is 9.18 Å². The predicted octanol–water partition coefficient (Wildman–Crippen LogP) is 5.30. The molecule has 1 saturated carbocycles. The average molecular weight is 323 g/mol. The number of hydrogen-bond donors (Lipinski definition) is 0. The third-order valence-electron chi connectivity index (χ3n) is 4.67. The van der Waals surface area contributed by atoms with Crippen molar-refractivity contribution in [3.63, 3.8) is 0 Å². The Morgan fingerprint density at radius 1 is 1.04 bits per heavy atom. The molecule has 0 radical (unpaired) electrons. The van der Waals surface area contributed by atoms with E-state index in [2.05, 4.69) is 4.98 Å². The Hall–Kier alpha value is -2.29. The molecule has 1 aliphatic rings. The molecular formula is C21H22FNO. The van der Waals surface area contributed by atoms with E-state index >= 15 is 0 Å². The van der Waals surface area contributed by atoms with Gasteiger partial charge >= 0.3 is 0 Å². The summed E-state index contributed by atoms with van der Waals surface area (Å²) in [6.45, 7) is 0. The van der Waals surface area contributed by atoms with Gasteiger partial charge in [0.1, 0.15) is 5.82 Å². The number of carbonyl (C=O) groups is 1. The second kappa shape index (κ2) is 8.00. The minimum Gasteiger partial charge on any atom is -0.294 e. The van der Waals surface area contributed by atoms with Gasteiger partial charge in [0.25, 0.3) is 0 Å². The lowest BCUT2D eigenvalue weighted by atomic mass is 9.83. The molecule has 0 saturated heterocycles. The van der Waals surface area contributed by atoms with Crippen molar-refractivity contribution in [2.24, 2.45) is 5.92 Å². The summed E-state index contributed by atoms with van der Waals surface area (Å²) in [5.74, 6) is 0.383. The smallest absolute Gasteiger partial charge is 0.163 e. The van der Waals surface area contributed by atoms with Crippen molar-refractivity contribution in [1.29, 1.82) is 0 Å². The fourth-order valence-electron chi connectivity index (χ4n) is 3.35. The molecule has 0 spiro atoms. The first-order valence-electron chi connectivity index (χ1n) is 8.63. The highest BCUT2D eigenvalue weighted by atomic mass is 19.1. The van der Waals surface area contributed by atoms with E-state index in [4.69, 9.17) is 0 Å². The predicted molar refractivity (Wildman–Crippen MR) is 94.7 cm³/mol. The maximum atomic E-state index is 13.1. The number of aromatic nitrogens is 1. The monoisotopic (exact) mass is 323 g/mol. The van der Waals surface area contributed by atoms with Crippen LogP contribution in [0.5, 0.6) is 0 Å². The quantitative estimate of drug-likeness (QED) is 0.699. The molecule has 1 aliphatic carbocycles. The van der Waals surface area contributed by atoms with Gasteiger partial charge in [-0.3, -0.25) is 9.78 Å². The molecule has 2 aromatic rings. The number of rotatable bonds is 5. The first-order valence-corrected chi connectivity index (χ1v) is 8.63. The lowest BCUT2D eigenvalue weighted by molar-refractivity contribution is -0.114. The van der Waals surface area contributed by atoms with Crippen LogP contribution in [0, 0.1) is 11.7 Å². The molecule has 3 rings (SSSR count). The molecule has 1 heterocycles. The normalized spacial score (nSPS) is 16.1. The molecular weight excluding hydrogens is 301 g/mol. The summed E-state index contributed by atoms with van der Waals surface area (Å²) in [7, 11) is 0. The molecule has 24 heavy (non-hydrogen) atoms. The summed E-state index contributed by atoms with van der Waals surface area (Å²) >= 11 is 0. The highest BCUT2D eigenvalue weighted by molar-refractivity contribution is 6.25. The van der Waals surface area contributed by atoms with Crippen LogP contribution in [0.2, 0.25) is 0 Å². The van der Waals surface area contributed by atoms with Gasteiger partial charge in [-0.15, -0.1) is 0 Å². The molecule has 124 valence electrons. The Morgan fingerprint density at radius 3 is 2.38 bits per heavy atom. The van der Waals surface area contributed by atoms with Gasteiger partial charge in [0, 0.05) is 24.4 Å². The molecule has 0 N–H and O–H groups in total. The molecule has 0 amide bonds. The number of hydrogen-bond acceptors (Lipinski definition) is 2. The van der Waals surface area contributed by atoms with Gasteiger partial charge in [0.15, 0.2) is 5.78 Å². The lowest BCUT2D eigenvalue weighted by Gasteiger charge is -2.21. The van der Waals surface area contributed by atoms with Crippen molar-refractivity contribution in [3.8, 4) is 0 Å². The molecule has 0 aliphatic heterocycles. The van der Waals surface area contributed by atoms with Crippen molar-refractivity contribution in [1.82, 2.24) is 4.98 Å². The second-order valence-corrected chi connectivity index (χ2v) is 6.48. The van der Waals surface area contributed by atoms with E-state index in [-0.39, 0.29) is 11.6 Å². The van der Waals surface area contributed by atoms with E-state index < -0.39 is 0 Å². The third-order valence-corrected chi connectivity index (χ3v) is 4.67. The molecule has 3 heteroatoms. The topological polar surface area (TPSA) is 30.0 Å². The fraction of sp³-hybridized carbons (Fsp3) is 0.333. The number of nitrogens with zero attached hydrogens (tertiary/aromatic N) is 1. The molecule has 0 bridgehead atoms. The summed E-state index contributed by atoms with van der Waals surface area (Å²) in [5, 5.41) is 0. The number of carbonyl (C=O) groups excluding carboxylic acids is 1. The van der Waals surface area contributed by atoms with E-state index in [0.29, 0.717) is 17.9 Å². The summed E-state index contributed by atoms with van der Waals surface area (Å²) in [6.07, 6.45) is 11.9. The van der Waals surface area contributed by atoms with E-state index in [9.17, 15) is 9.18 Å². The van der Waals surface area contributed by atoms with Crippen LogP contribution in [0.1, 0.15) is 49.7 Å². The number of halogens is 1. The number of pyridine rings is 1. The molecule has 1 fully saturated rings. The van der Waals surface area contributed by atoms with E-state index in [1.54, 1.807) is 24.5 Å². The van der Waals surface area contributed by atoms with E-state index in [1.807, 2.05) is 18.2 Å². The van der Waals surface area contributed by atoms with Gasteiger partial charge in [-0.1, -0.05) is 44.2 Å². The van der Waals surface area contributed by atoms with E-state index in [0.717, 1.165) is 24.0 Å². The molecule has 1 aromatic carbocycles. The number of benzene rings is 1. The molecule has 0 atom stereocenters. The van der Waals surface area contributed by atoms with Crippen molar-refractivity contribution >= 4 is 17.4 Å². The van der Waals surface area contributed by atoms with Gasteiger partial charge in [-0.2, -0.15) is 0 Å². The van der Waals surface area contributed by atoms with Gasteiger partial charge in [0.2, 0.25) is 0 Å². The number of allylic oxidation sites excluding steroid dienone is 1. The van der Waals surface area contributed by atoms with Gasteiger partial charge in [-0.25, -0.2) is 4.39 Å². The van der Waals surface area contributed by atoms with Crippen molar-refractivity contribution in [2.75, 3.05) is 0 Å². The van der Waals surface area contributed by atoms with Crippen LogP contribution >= 0.6 is 0 Å². The van der Waals surface area contributed by atoms with Crippen LogP contribution in [-0.4, -0.2) is 10.8 Å². The first kappa shape index (κ1) is 16.6. The summed E-state index contributed by atoms with van der Waals surface area (Å²) in [5.41, 5.74) is 2.39. The van der Waals surface area contributed by atoms with Crippen molar-refractivity contribution in [3.05, 3.63) is 65.7 Å². The Balaban J connectivity index is 1.87. The lowest BCUT2D eigenvalue weighted by Crippen LogP contribution is -2.13. The van der Waals surface area contributed by atoms with Gasteiger partial charge < -0.3 is 0 Å². The van der Waals surface area contributed by atoms with Crippen molar-refractivity contribution in [2.45, 2.75) is 38.5 Å². The summed E-state index contributed by atoms with van der Waals surface area (Å²) < 4.78 is 13.1. The molecule has 2 nitrogen and oxygen atoms in total. The largest absolute Gasteiger partial charge is 0.294 e. The highest BCUT2D eigenvalue weighted by Gasteiger charge is 2.20. The SMILES string of the molecule is O=C(CC1CCCCC1)C(=Cc1ccc(F)cc1)c1ccncc1. The van der Waals surface area contributed by atoms with Gasteiger partial charge in [0.05, 0.1) is 0 Å². The standard InChI is InChI=1S/C21H22FNO/c22-19-8-6-17(7-9-19)14-20(18-10-12-23-13-11-18)21(24)15-16-4-2-1-3-5-16/h6-14,16H,1-5,15H2. The Bertz CT molecular complexity index is 700. The van der Waals surface area contributed by atoms with Crippen LogP contribution in [0.4, 0.5) is 4.39 Å². The first-order chi connectivity index (χ1) is 11.7.